The monoisotopic (exact) mass is 426 g/mol. The molecule has 3 rings (SSSR count). The first kappa shape index (κ1) is 21.2. The third-order valence-corrected chi connectivity index (χ3v) is 4.02. The van der Waals surface area contributed by atoms with E-state index in [1.807, 2.05) is 0 Å². The van der Waals surface area contributed by atoms with Crippen LogP contribution in [0, 0.1) is 0 Å². The van der Waals surface area contributed by atoms with Crippen LogP contribution in [0.15, 0.2) is 55.1 Å². The number of hydrogen-bond acceptors (Lipinski definition) is 6. The molecule has 0 bridgehead atoms. The van der Waals surface area contributed by atoms with Crippen LogP contribution in [-0.4, -0.2) is 37.7 Å². The highest BCUT2D eigenvalue weighted by atomic mass is 35.5. The van der Waals surface area contributed by atoms with Crippen molar-refractivity contribution in [3.05, 3.63) is 65.7 Å². The number of hydrogen-bond donors (Lipinski definition) is 1. The van der Waals surface area contributed by atoms with Gasteiger partial charge in [-0.1, -0.05) is 17.7 Å². The van der Waals surface area contributed by atoms with Gasteiger partial charge in [-0.2, -0.15) is 0 Å². The number of nitrogens with zero attached hydrogens (tertiary/aromatic N) is 4. The van der Waals surface area contributed by atoms with Crippen LogP contribution in [-0.2, 0) is 4.74 Å². The Morgan fingerprint density at radius 2 is 1.73 bits per heavy atom. The molecule has 0 fully saturated rings. The molecule has 1 N–H and O–H groups in total. The highest BCUT2D eigenvalue weighted by molar-refractivity contribution is 6.31. The zero-order valence-electron chi connectivity index (χ0n) is 16.5. The van der Waals surface area contributed by atoms with E-state index in [0.717, 1.165) is 0 Å². The lowest BCUT2D eigenvalue weighted by atomic mass is 10.2. The van der Waals surface area contributed by atoms with E-state index in [-0.39, 0.29) is 11.4 Å². The standard InChI is InChI=1S/C21H19ClN4O4/c1-21(2,3)30-20(29)26(16-6-4-5-15(22)8-16)17-11-24-18(25-12-17)13-7-14(19(27)28)10-23-9-13/h4-12H,1-3H3,(H,27,28). The lowest BCUT2D eigenvalue weighted by molar-refractivity contribution is 0.0597. The van der Waals surface area contributed by atoms with Gasteiger partial charge in [0.05, 0.1) is 29.3 Å². The normalized spacial score (nSPS) is 11.1. The van der Waals surface area contributed by atoms with E-state index >= 15 is 0 Å². The summed E-state index contributed by atoms with van der Waals surface area (Å²) in [6.07, 6.45) is 4.98. The lowest BCUT2D eigenvalue weighted by Gasteiger charge is -2.27. The largest absolute Gasteiger partial charge is 0.478 e. The number of carboxylic acids is 1. The molecule has 0 saturated carbocycles. The number of ether oxygens (including phenoxy) is 1. The van der Waals surface area contributed by atoms with E-state index < -0.39 is 17.7 Å². The molecule has 3 aromatic rings. The summed E-state index contributed by atoms with van der Waals surface area (Å²) in [5.41, 5.74) is 0.597. The Kier molecular flexibility index (Phi) is 5.98. The summed E-state index contributed by atoms with van der Waals surface area (Å²) in [6.45, 7) is 5.30. The Balaban J connectivity index is 1.99. The zero-order chi connectivity index (χ0) is 21.9. The topological polar surface area (TPSA) is 106 Å². The maximum Gasteiger partial charge on any atom is 0.419 e. The number of aromatic carboxylic acids is 1. The second-order valence-corrected chi connectivity index (χ2v) is 7.76. The third-order valence-electron chi connectivity index (χ3n) is 3.78. The Morgan fingerprint density at radius 1 is 1.03 bits per heavy atom. The number of benzene rings is 1. The van der Waals surface area contributed by atoms with Gasteiger partial charge in [0.25, 0.3) is 0 Å². The van der Waals surface area contributed by atoms with Gasteiger partial charge in [-0.25, -0.2) is 24.5 Å². The average molecular weight is 427 g/mol. The molecule has 0 atom stereocenters. The van der Waals surface area contributed by atoms with Crippen molar-refractivity contribution in [2.24, 2.45) is 0 Å². The molecular formula is C21H19ClN4O4. The third kappa shape index (κ3) is 5.09. The second-order valence-electron chi connectivity index (χ2n) is 7.33. The van der Waals surface area contributed by atoms with Crippen molar-refractivity contribution in [1.29, 1.82) is 0 Å². The van der Waals surface area contributed by atoms with Crippen LogP contribution in [0.4, 0.5) is 16.2 Å². The molecule has 154 valence electrons. The Hall–Kier alpha value is -3.52. The van der Waals surface area contributed by atoms with Crippen molar-refractivity contribution < 1.29 is 19.4 Å². The summed E-state index contributed by atoms with van der Waals surface area (Å²) in [5.74, 6) is -0.831. The summed E-state index contributed by atoms with van der Waals surface area (Å²) in [7, 11) is 0. The van der Waals surface area contributed by atoms with Crippen molar-refractivity contribution in [2.45, 2.75) is 26.4 Å². The van der Waals surface area contributed by atoms with Gasteiger partial charge in [-0.15, -0.1) is 0 Å². The fraction of sp³-hybridized carbons (Fsp3) is 0.190. The van der Waals surface area contributed by atoms with Gasteiger partial charge < -0.3 is 9.84 Å². The van der Waals surface area contributed by atoms with Crippen LogP contribution >= 0.6 is 11.6 Å². The molecule has 0 aliphatic carbocycles. The number of carboxylic acid groups (broad SMARTS) is 1. The minimum absolute atomic E-state index is 0.0227. The van der Waals surface area contributed by atoms with Gasteiger partial charge in [0, 0.05) is 23.0 Å². The first-order valence-electron chi connectivity index (χ1n) is 8.93. The molecule has 2 heterocycles. The molecule has 0 saturated heterocycles. The maximum absolute atomic E-state index is 12.9. The number of pyridine rings is 1. The number of aromatic nitrogens is 3. The van der Waals surface area contributed by atoms with Crippen molar-refractivity contribution >= 4 is 35.0 Å². The minimum atomic E-state index is -1.10. The summed E-state index contributed by atoms with van der Waals surface area (Å²) >= 11 is 6.09. The van der Waals surface area contributed by atoms with Gasteiger partial charge in [0.15, 0.2) is 5.82 Å². The molecule has 0 unspecified atom stereocenters. The van der Waals surface area contributed by atoms with Crippen LogP contribution in [0.5, 0.6) is 0 Å². The highest BCUT2D eigenvalue weighted by Crippen LogP contribution is 2.29. The van der Waals surface area contributed by atoms with Crippen LogP contribution < -0.4 is 4.90 Å². The van der Waals surface area contributed by atoms with E-state index in [0.29, 0.717) is 22.0 Å². The van der Waals surface area contributed by atoms with Crippen LogP contribution in [0.1, 0.15) is 31.1 Å². The van der Waals surface area contributed by atoms with E-state index in [1.165, 1.54) is 35.8 Å². The molecule has 2 aromatic heterocycles. The number of amides is 1. The first-order valence-corrected chi connectivity index (χ1v) is 9.31. The summed E-state index contributed by atoms with van der Waals surface area (Å²) in [6, 6.07) is 8.17. The van der Waals surface area contributed by atoms with Gasteiger partial charge in [0.1, 0.15) is 5.60 Å². The maximum atomic E-state index is 12.9. The summed E-state index contributed by atoms with van der Waals surface area (Å²) in [5, 5.41) is 9.58. The smallest absolute Gasteiger partial charge is 0.419 e. The van der Waals surface area contributed by atoms with Gasteiger partial charge in [-0.05, 0) is 45.0 Å². The van der Waals surface area contributed by atoms with Crippen molar-refractivity contribution in [2.75, 3.05) is 4.90 Å². The SMILES string of the molecule is CC(C)(C)OC(=O)N(c1cnc(-c2cncc(C(=O)O)c2)nc1)c1cccc(Cl)c1. The quantitative estimate of drug-likeness (QED) is 0.628. The molecule has 0 spiro atoms. The van der Waals surface area contributed by atoms with Gasteiger partial charge in [0.2, 0.25) is 0 Å². The predicted octanol–water partition coefficient (Wildman–Crippen LogP) is 4.96. The second kappa shape index (κ2) is 8.46. The molecule has 0 radical (unpaired) electrons. The van der Waals surface area contributed by atoms with Crippen LogP contribution in [0.2, 0.25) is 5.02 Å². The first-order chi connectivity index (χ1) is 14.1. The molecule has 0 aliphatic rings. The minimum Gasteiger partial charge on any atom is -0.478 e. The lowest BCUT2D eigenvalue weighted by Crippen LogP contribution is -2.34. The number of carbonyl (C=O) groups is 2. The molecule has 1 aromatic carbocycles. The van der Waals surface area contributed by atoms with E-state index in [9.17, 15) is 9.59 Å². The van der Waals surface area contributed by atoms with Gasteiger partial charge in [-0.3, -0.25) is 4.98 Å². The molecule has 1 amide bonds. The van der Waals surface area contributed by atoms with E-state index in [1.54, 1.807) is 45.0 Å². The Morgan fingerprint density at radius 3 is 2.33 bits per heavy atom. The zero-order valence-corrected chi connectivity index (χ0v) is 17.3. The number of carbonyl (C=O) groups excluding carboxylic acids is 1. The number of anilines is 2. The fourth-order valence-corrected chi connectivity index (χ4v) is 2.73. The Labute approximate surface area is 178 Å². The van der Waals surface area contributed by atoms with Crippen molar-refractivity contribution in [3.8, 4) is 11.4 Å². The molecule has 30 heavy (non-hydrogen) atoms. The molecular weight excluding hydrogens is 408 g/mol. The Bertz CT molecular complexity index is 1080. The van der Waals surface area contributed by atoms with Crippen LogP contribution in [0.25, 0.3) is 11.4 Å². The summed E-state index contributed by atoms with van der Waals surface area (Å²) in [4.78, 5) is 37.8. The highest BCUT2D eigenvalue weighted by Gasteiger charge is 2.26. The molecule has 9 heteroatoms. The average Bonchev–Trinajstić information content (AvgIpc) is 2.67. The predicted molar refractivity (Wildman–Crippen MR) is 112 cm³/mol. The molecule has 8 nitrogen and oxygen atoms in total. The number of halogens is 1. The van der Waals surface area contributed by atoms with E-state index in [2.05, 4.69) is 15.0 Å². The molecule has 0 aliphatic heterocycles. The summed E-state index contributed by atoms with van der Waals surface area (Å²) < 4.78 is 5.52. The number of rotatable bonds is 4. The fourth-order valence-electron chi connectivity index (χ4n) is 2.55. The van der Waals surface area contributed by atoms with E-state index in [4.69, 9.17) is 21.4 Å². The van der Waals surface area contributed by atoms with Crippen molar-refractivity contribution in [3.63, 3.8) is 0 Å². The van der Waals surface area contributed by atoms with Crippen LogP contribution in [0.3, 0.4) is 0 Å². The van der Waals surface area contributed by atoms with Crippen molar-refractivity contribution in [1.82, 2.24) is 15.0 Å². The van der Waals surface area contributed by atoms with Gasteiger partial charge >= 0.3 is 12.1 Å².